The lowest BCUT2D eigenvalue weighted by Crippen LogP contribution is -2.15. The fourth-order valence-corrected chi connectivity index (χ4v) is 4.69. The molecule has 0 amide bonds. The van der Waals surface area contributed by atoms with Gasteiger partial charge in [-0.3, -0.25) is 0 Å². The van der Waals surface area contributed by atoms with Crippen molar-refractivity contribution in [2.45, 2.75) is 45.6 Å². The number of hydrogen-bond donors (Lipinski definition) is 0. The van der Waals surface area contributed by atoms with Crippen LogP contribution in [0.25, 0.3) is 17.7 Å². The zero-order valence-electron chi connectivity index (χ0n) is 17.0. The quantitative estimate of drug-likeness (QED) is 0.458. The largest absolute Gasteiger partial charge is 0.345 e. The Hall–Kier alpha value is -2.80. The molecule has 3 aromatic rings. The SMILES string of the molecule is C=Cc1c(/C=C(\C)c2ccccc2)c2c(n1CC)CCC(c1ccccc1)C2. The summed E-state index contributed by atoms with van der Waals surface area (Å²) >= 11 is 0. The second kappa shape index (κ2) is 8.06. The first-order valence-corrected chi connectivity index (χ1v) is 10.4. The van der Waals surface area contributed by atoms with Gasteiger partial charge in [0, 0.05) is 23.5 Å². The number of rotatable bonds is 5. The van der Waals surface area contributed by atoms with Gasteiger partial charge in [-0.1, -0.05) is 67.2 Å². The zero-order valence-corrected chi connectivity index (χ0v) is 17.0. The van der Waals surface area contributed by atoms with E-state index in [1.807, 2.05) is 6.08 Å². The Morgan fingerprint density at radius 1 is 1.07 bits per heavy atom. The first-order chi connectivity index (χ1) is 13.7. The van der Waals surface area contributed by atoms with Crippen molar-refractivity contribution >= 4 is 17.7 Å². The van der Waals surface area contributed by atoms with E-state index in [2.05, 4.69) is 91.7 Å². The average molecular weight is 368 g/mol. The summed E-state index contributed by atoms with van der Waals surface area (Å²) in [6.07, 6.45) is 7.90. The molecule has 0 aliphatic heterocycles. The van der Waals surface area contributed by atoms with E-state index in [-0.39, 0.29) is 0 Å². The van der Waals surface area contributed by atoms with Crippen molar-refractivity contribution < 1.29 is 0 Å². The minimum atomic E-state index is 0.600. The van der Waals surface area contributed by atoms with Gasteiger partial charge in [0.05, 0.1) is 0 Å². The topological polar surface area (TPSA) is 4.93 Å². The molecule has 1 heteroatoms. The maximum atomic E-state index is 4.15. The number of fused-ring (bicyclic) bond motifs is 1. The van der Waals surface area contributed by atoms with Gasteiger partial charge in [-0.25, -0.2) is 0 Å². The van der Waals surface area contributed by atoms with Gasteiger partial charge in [0.1, 0.15) is 0 Å². The van der Waals surface area contributed by atoms with Crippen molar-refractivity contribution in [3.8, 4) is 0 Å². The van der Waals surface area contributed by atoms with E-state index in [1.54, 1.807) is 0 Å². The predicted molar refractivity (Wildman–Crippen MR) is 121 cm³/mol. The van der Waals surface area contributed by atoms with Crippen molar-refractivity contribution in [3.63, 3.8) is 0 Å². The highest BCUT2D eigenvalue weighted by Crippen LogP contribution is 2.39. The summed E-state index contributed by atoms with van der Waals surface area (Å²) in [6.45, 7) is 9.61. The van der Waals surface area contributed by atoms with Crippen molar-refractivity contribution in [1.29, 1.82) is 0 Å². The lowest BCUT2D eigenvalue weighted by molar-refractivity contribution is 0.554. The summed E-state index contributed by atoms with van der Waals surface area (Å²) in [7, 11) is 0. The van der Waals surface area contributed by atoms with Crippen LogP contribution >= 0.6 is 0 Å². The fraction of sp³-hybridized carbons (Fsp3) is 0.259. The number of allylic oxidation sites excluding steroid dienone is 1. The molecule has 1 aliphatic rings. The molecule has 28 heavy (non-hydrogen) atoms. The van der Waals surface area contributed by atoms with Crippen LogP contribution in [-0.4, -0.2) is 4.57 Å². The normalized spacial score (nSPS) is 16.6. The molecular weight excluding hydrogens is 338 g/mol. The Morgan fingerprint density at radius 2 is 1.75 bits per heavy atom. The summed E-state index contributed by atoms with van der Waals surface area (Å²) in [4.78, 5) is 0. The minimum absolute atomic E-state index is 0.600. The van der Waals surface area contributed by atoms with Crippen LogP contribution in [0.3, 0.4) is 0 Å². The first kappa shape index (κ1) is 18.6. The predicted octanol–water partition coefficient (Wildman–Crippen LogP) is 6.98. The molecular formula is C27H29N. The standard InChI is InChI=1S/C27H29N/c1-4-26-24(18-20(3)21-12-8-6-9-13-21)25-19-23(22-14-10-7-11-15-22)16-17-27(25)28(26)5-2/h4,6-15,18,23H,1,5,16-17,19H2,2-3H3/b20-18+. The van der Waals surface area contributed by atoms with Gasteiger partial charge in [-0.15, -0.1) is 0 Å². The molecule has 1 nitrogen and oxygen atoms in total. The summed E-state index contributed by atoms with van der Waals surface area (Å²) in [5.41, 5.74) is 9.73. The van der Waals surface area contributed by atoms with Crippen LogP contribution in [-0.2, 0) is 19.4 Å². The van der Waals surface area contributed by atoms with Gasteiger partial charge in [0.25, 0.3) is 0 Å². The molecule has 0 N–H and O–H groups in total. The minimum Gasteiger partial charge on any atom is -0.345 e. The maximum absolute atomic E-state index is 4.15. The molecule has 0 spiro atoms. The van der Waals surface area contributed by atoms with Crippen LogP contribution < -0.4 is 0 Å². The molecule has 0 bridgehead atoms. The molecule has 0 fully saturated rings. The molecule has 0 saturated carbocycles. The lowest BCUT2D eigenvalue weighted by atomic mass is 9.81. The third-order valence-electron chi connectivity index (χ3n) is 6.12. The molecule has 0 saturated heterocycles. The number of nitrogens with zero attached hydrogens (tertiary/aromatic N) is 1. The van der Waals surface area contributed by atoms with E-state index in [1.165, 1.54) is 45.6 Å². The smallest absolute Gasteiger partial charge is 0.0479 e. The van der Waals surface area contributed by atoms with Crippen LogP contribution in [0.5, 0.6) is 0 Å². The second-order valence-corrected chi connectivity index (χ2v) is 7.72. The number of hydrogen-bond acceptors (Lipinski definition) is 0. The van der Waals surface area contributed by atoms with Crippen LogP contribution in [0.15, 0.2) is 67.2 Å². The van der Waals surface area contributed by atoms with E-state index in [0.717, 1.165) is 19.4 Å². The Morgan fingerprint density at radius 3 is 2.39 bits per heavy atom. The van der Waals surface area contributed by atoms with Crippen molar-refractivity contribution in [1.82, 2.24) is 4.57 Å². The van der Waals surface area contributed by atoms with Crippen molar-refractivity contribution in [2.24, 2.45) is 0 Å². The van der Waals surface area contributed by atoms with Gasteiger partial charge < -0.3 is 4.57 Å². The second-order valence-electron chi connectivity index (χ2n) is 7.72. The van der Waals surface area contributed by atoms with E-state index >= 15 is 0 Å². The third kappa shape index (κ3) is 3.38. The van der Waals surface area contributed by atoms with Gasteiger partial charge in [0.2, 0.25) is 0 Å². The average Bonchev–Trinajstić information content (AvgIpc) is 3.06. The Balaban J connectivity index is 1.81. The molecule has 1 aromatic heterocycles. The molecule has 142 valence electrons. The van der Waals surface area contributed by atoms with Gasteiger partial charge in [-0.05, 0) is 73.4 Å². The van der Waals surface area contributed by atoms with E-state index in [0.29, 0.717) is 5.92 Å². The Kier molecular flexibility index (Phi) is 5.34. The molecule has 1 atom stereocenters. The Bertz CT molecular complexity index is 990. The van der Waals surface area contributed by atoms with Gasteiger partial charge in [0.15, 0.2) is 0 Å². The summed E-state index contributed by atoms with van der Waals surface area (Å²) in [5, 5.41) is 0. The first-order valence-electron chi connectivity index (χ1n) is 10.4. The highest BCUT2D eigenvalue weighted by molar-refractivity contribution is 5.84. The number of benzene rings is 2. The van der Waals surface area contributed by atoms with Crippen molar-refractivity contribution in [3.05, 3.63) is 101 Å². The molecule has 1 unspecified atom stereocenters. The van der Waals surface area contributed by atoms with Crippen LogP contribution in [0.1, 0.15) is 59.8 Å². The monoisotopic (exact) mass is 367 g/mol. The maximum Gasteiger partial charge on any atom is 0.0479 e. The van der Waals surface area contributed by atoms with E-state index in [9.17, 15) is 0 Å². The molecule has 1 aliphatic carbocycles. The zero-order chi connectivity index (χ0) is 19.5. The van der Waals surface area contributed by atoms with E-state index < -0.39 is 0 Å². The van der Waals surface area contributed by atoms with Crippen LogP contribution in [0, 0.1) is 0 Å². The third-order valence-corrected chi connectivity index (χ3v) is 6.12. The molecule has 4 rings (SSSR count). The van der Waals surface area contributed by atoms with E-state index in [4.69, 9.17) is 0 Å². The van der Waals surface area contributed by atoms with Crippen LogP contribution in [0.4, 0.5) is 0 Å². The van der Waals surface area contributed by atoms with Crippen LogP contribution in [0.2, 0.25) is 0 Å². The molecule has 0 radical (unpaired) electrons. The molecule has 1 heterocycles. The summed E-state index contributed by atoms with van der Waals surface area (Å²) in [6, 6.07) is 21.7. The van der Waals surface area contributed by atoms with Gasteiger partial charge >= 0.3 is 0 Å². The Labute approximate surface area is 169 Å². The van der Waals surface area contributed by atoms with Crippen molar-refractivity contribution in [2.75, 3.05) is 0 Å². The summed E-state index contributed by atoms with van der Waals surface area (Å²) in [5.74, 6) is 0.600. The number of aromatic nitrogens is 1. The highest BCUT2D eigenvalue weighted by atomic mass is 15.0. The fourth-order valence-electron chi connectivity index (χ4n) is 4.69. The lowest BCUT2D eigenvalue weighted by Gasteiger charge is -2.24. The molecule has 2 aromatic carbocycles. The van der Waals surface area contributed by atoms with Gasteiger partial charge in [-0.2, -0.15) is 0 Å². The highest BCUT2D eigenvalue weighted by Gasteiger charge is 2.27. The summed E-state index contributed by atoms with van der Waals surface area (Å²) < 4.78 is 2.48.